The van der Waals surface area contributed by atoms with Gasteiger partial charge in [-0.05, 0) is 6.92 Å². The third-order valence-electron chi connectivity index (χ3n) is 2.59. The number of benzene rings is 1. The van der Waals surface area contributed by atoms with Gasteiger partial charge in [0.1, 0.15) is 5.71 Å². The molecule has 1 atom stereocenters. The Morgan fingerprint density at radius 1 is 1.26 bits per heavy atom. The van der Waals surface area contributed by atoms with Gasteiger partial charge >= 0.3 is 17.9 Å². The third kappa shape index (κ3) is 2.00. The molecular formula is C12H8F3NO3. The number of hydrogen-bond donors (Lipinski definition) is 0. The number of nitrogens with zero attached hydrogens (tertiary/aromatic N) is 1. The number of aliphatic imine (C=N–C) groups is 1. The van der Waals surface area contributed by atoms with Crippen molar-refractivity contribution in [2.45, 2.75) is 18.8 Å². The van der Waals surface area contributed by atoms with Crippen LogP contribution in [-0.4, -0.2) is 29.4 Å². The van der Waals surface area contributed by atoms with Crippen LogP contribution in [0.15, 0.2) is 35.3 Å². The topological polar surface area (TPSA) is 55.7 Å². The normalized spacial score (nSPS) is 22.9. The van der Waals surface area contributed by atoms with Gasteiger partial charge in [-0.25, -0.2) is 9.79 Å². The fourth-order valence-corrected chi connectivity index (χ4v) is 1.64. The van der Waals surface area contributed by atoms with E-state index < -0.39 is 29.4 Å². The highest BCUT2D eigenvalue weighted by atomic mass is 19.4. The van der Waals surface area contributed by atoms with Crippen LogP contribution in [0.1, 0.15) is 17.3 Å². The van der Waals surface area contributed by atoms with Crippen LogP contribution in [0.2, 0.25) is 0 Å². The molecule has 1 aromatic carbocycles. The number of carbonyl (C=O) groups is 2. The summed E-state index contributed by atoms with van der Waals surface area (Å²) in [5.74, 6) is -2.66. The summed E-state index contributed by atoms with van der Waals surface area (Å²) in [5.41, 5.74) is -4.18. The number of hydrogen-bond acceptors (Lipinski definition) is 4. The summed E-state index contributed by atoms with van der Waals surface area (Å²) >= 11 is 0. The first-order valence-electron chi connectivity index (χ1n) is 5.24. The zero-order valence-electron chi connectivity index (χ0n) is 9.69. The zero-order valence-corrected chi connectivity index (χ0v) is 9.69. The molecule has 1 aromatic rings. The number of halogens is 3. The maximum absolute atomic E-state index is 13.1. The summed E-state index contributed by atoms with van der Waals surface area (Å²) in [6.45, 7) is 1.06. The standard InChI is InChI=1S/C12H8F3NO3/c1-7-10(18)19-11(16-7,12(13,14)15)9(17)8-5-3-2-4-6-8/h2-6H,1H3. The summed E-state index contributed by atoms with van der Waals surface area (Å²) in [6.07, 6.45) is -5.12. The lowest BCUT2D eigenvalue weighted by atomic mass is 10.0. The molecule has 0 saturated heterocycles. The second-order valence-corrected chi connectivity index (χ2v) is 3.92. The highest BCUT2D eigenvalue weighted by Gasteiger charge is 2.67. The van der Waals surface area contributed by atoms with Crippen molar-refractivity contribution in [2.24, 2.45) is 4.99 Å². The van der Waals surface area contributed by atoms with E-state index in [2.05, 4.69) is 9.73 Å². The fourth-order valence-electron chi connectivity index (χ4n) is 1.64. The second-order valence-electron chi connectivity index (χ2n) is 3.92. The average Bonchev–Trinajstić information content (AvgIpc) is 2.66. The largest absolute Gasteiger partial charge is 0.459 e. The monoisotopic (exact) mass is 271 g/mol. The Balaban J connectivity index is 2.54. The van der Waals surface area contributed by atoms with Gasteiger partial charge in [0.2, 0.25) is 5.78 Å². The number of rotatable bonds is 2. The summed E-state index contributed by atoms with van der Waals surface area (Å²) in [7, 11) is 0. The molecule has 0 N–H and O–H groups in total. The molecule has 0 amide bonds. The minimum Gasteiger partial charge on any atom is -0.415 e. The van der Waals surface area contributed by atoms with E-state index >= 15 is 0 Å². The van der Waals surface area contributed by atoms with Crippen LogP contribution in [0.4, 0.5) is 13.2 Å². The Hall–Kier alpha value is -2.18. The molecule has 0 spiro atoms. The molecule has 100 valence electrons. The molecule has 0 saturated carbocycles. The van der Waals surface area contributed by atoms with Gasteiger partial charge in [-0.3, -0.25) is 4.79 Å². The molecule has 7 heteroatoms. The lowest BCUT2D eigenvalue weighted by Crippen LogP contribution is -2.51. The number of alkyl halides is 3. The van der Waals surface area contributed by atoms with Crippen molar-refractivity contribution in [3.63, 3.8) is 0 Å². The van der Waals surface area contributed by atoms with Gasteiger partial charge in [0.05, 0.1) is 0 Å². The Kier molecular flexibility index (Phi) is 2.92. The van der Waals surface area contributed by atoms with E-state index in [1.807, 2.05) is 0 Å². The van der Waals surface area contributed by atoms with E-state index in [0.29, 0.717) is 0 Å². The van der Waals surface area contributed by atoms with Crippen LogP contribution < -0.4 is 0 Å². The van der Waals surface area contributed by atoms with E-state index in [9.17, 15) is 22.8 Å². The van der Waals surface area contributed by atoms with Crippen LogP contribution in [0, 0.1) is 0 Å². The molecule has 1 aliphatic rings. The maximum Gasteiger partial charge on any atom is 0.459 e. The minimum absolute atomic E-state index is 0.230. The number of Topliss-reactive ketones (excluding diaryl/α,β-unsaturated/α-hetero) is 1. The highest BCUT2D eigenvalue weighted by Crippen LogP contribution is 2.40. The first-order chi connectivity index (χ1) is 8.78. The van der Waals surface area contributed by atoms with Gasteiger partial charge in [0.25, 0.3) is 0 Å². The highest BCUT2D eigenvalue weighted by molar-refractivity contribution is 6.38. The van der Waals surface area contributed by atoms with Crippen LogP contribution >= 0.6 is 0 Å². The van der Waals surface area contributed by atoms with Gasteiger partial charge in [0.15, 0.2) is 0 Å². The molecule has 1 aliphatic heterocycles. The average molecular weight is 271 g/mol. The molecule has 0 fully saturated rings. The van der Waals surface area contributed by atoms with Crippen molar-refractivity contribution >= 4 is 17.5 Å². The zero-order chi connectivity index (χ0) is 14.3. The predicted octanol–water partition coefficient (Wildman–Crippen LogP) is 2.15. The number of ketones is 1. The molecule has 1 unspecified atom stereocenters. The third-order valence-corrected chi connectivity index (χ3v) is 2.59. The Labute approximate surface area is 105 Å². The number of ether oxygens (including phenoxy) is 1. The lowest BCUT2D eigenvalue weighted by Gasteiger charge is -2.25. The Morgan fingerprint density at radius 2 is 1.84 bits per heavy atom. The van der Waals surface area contributed by atoms with Gasteiger partial charge in [0, 0.05) is 5.56 Å². The quantitative estimate of drug-likeness (QED) is 0.611. The van der Waals surface area contributed by atoms with Crippen molar-refractivity contribution in [3.05, 3.63) is 35.9 Å². The summed E-state index contributed by atoms with van der Waals surface area (Å²) in [4.78, 5) is 26.3. The first-order valence-corrected chi connectivity index (χ1v) is 5.24. The molecule has 0 bridgehead atoms. The fraction of sp³-hybridized carbons (Fsp3) is 0.250. The van der Waals surface area contributed by atoms with Gasteiger partial charge in [-0.2, -0.15) is 13.2 Å². The van der Waals surface area contributed by atoms with Crippen molar-refractivity contribution < 1.29 is 27.5 Å². The SMILES string of the molecule is CC1=NC(C(=O)c2ccccc2)(C(F)(F)F)OC1=O. The van der Waals surface area contributed by atoms with Crippen LogP contribution in [0.5, 0.6) is 0 Å². The predicted molar refractivity (Wildman–Crippen MR) is 58.8 cm³/mol. The molecule has 0 aliphatic carbocycles. The summed E-state index contributed by atoms with van der Waals surface area (Å²) in [5, 5.41) is 0. The van der Waals surface area contributed by atoms with Gasteiger partial charge in [-0.15, -0.1) is 0 Å². The van der Waals surface area contributed by atoms with Gasteiger partial charge < -0.3 is 4.74 Å². The van der Waals surface area contributed by atoms with E-state index in [1.165, 1.54) is 24.3 Å². The van der Waals surface area contributed by atoms with Crippen LogP contribution in [0.3, 0.4) is 0 Å². The van der Waals surface area contributed by atoms with Crippen molar-refractivity contribution in [1.82, 2.24) is 0 Å². The molecule has 0 radical (unpaired) electrons. The van der Waals surface area contributed by atoms with Crippen molar-refractivity contribution in [2.75, 3.05) is 0 Å². The van der Waals surface area contributed by atoms with Crippen LogP contribution in [-0.2, 0) is 9.53 Å². The minimum atomic E-state index is -5.12. The van der Waals surface area contributed by atoms with E-state index in [-0.39, 0.29) is 5.56 Å². The number of cyclic esters (lactones) is 1. The first kappa shape index (κ1) is 13.3. The Morgan fingerprint density at radius 3 is 2.26 bits per heavy atom. The van der Waals surface area contributed by atoms with Gasteiger partial charge in [-0.1, -0.05) is 30.3 Å². The summed E-state index contributed by atoms with van der Waals surface area (Å²) < 4.78 is 43.5. The summed E-state index contributed by atoms with van der Waals surface area (Å²) in [6, 6.07) is 6.77. The second kappa shape index (κ2) is 4.18. The lowest BCUT2D eigenvalue weighted by molar-refractivity contribution is -0.238. The molecular weight excluding hydrogens is 263 g/mol. The van der Waals surface area contributed by atoms with Crippen molar-refractivity contribution in [1.29, 1.82) is 0 Å². The van der Waals surface area contributed by atoms with E-state index in [1.54, 1.807) is 6.07 Å². The Bertz CT molecular complexity index is 565. The molecule has 2 rings (SSSR count). The van der Waals surface area contributed by atoms with Crippen molar-refractivity contribution in [3.8, 4) is 0 Å². The smallest absolute Gasteiger partial charge is 0.415 e. The number of esters is 1. The maximum atomic E-state index is 13.1. The number of carbonyl (C=O) groups excluding carboxylic acids is 2. The van der Waals surface area contributed by atoms with E-state index in [0.717, 1.165) is 6.92 Å². The molecule has 1 heterocycles. The molecule has 0 aromatic heterocycles. The molecule has 4 nitrogen and oxygen atoms in total. The molecule has 19 heavy (non-hydrogen) atoms. The van der Waals surface area contributed by atoms with E-state index in [4.69, 9.17) is 0 Å². The van der Waals surface area contributed by atoms with Crippen LogP contribution in [0.25, 0.3) is 0 Å².